The molecule has 0 radical (unpaired) electrons. The average molecular weight is 219 g/mol. The summed E-state index contributed by atoms with van der Waals surface area (Å²) in [6.07, 6.45) is 0. The predicted molar refractivity (Wildman–Crippen MR) is 64.5 cm³/mol. The molecular formula is C13H17NO2. The summed E-state index contributed by atoms with van der Waals surface area (Å²) in [4.78, 5) is 21.9. The summed E-state index contributed by atoms with van der Waals surface area (Å²) in [6.45, 7) is 7.61. The van der Waals surface area contributed by atoms with Gasteiger partial charge in [0.15, 0.2) is 0 Å². The van der Waals surface area contributed by atoms with Crippen molar-refractivity contribution in [1.82, 2.24) is 0 Å². The summed E-state index contributed by atoms with van der Waals surface area (Å²) in [5, 5.41) is 2.53. The molecule has 0 aliphatic heterocycles. The lowest BCUT2D eigenvalue weighted by Crippen LogP contribution is -2.19. The van der Waals surface area contributed by atoms with Crippen LogP contribution < -0.4 is 5.32 Å². The summed E-state index contributed by atoms with van der Waals surface area (Å²) in [5.74, 6) is -1.07. The minimum atomic E-state index is -0.580. The van der Waals surface area contributed by atoms with Crippen LogP contribution in [0.1, 0.15) is 33.3 Å². The molecule has 0 aliphatic rings. The van der Waals surface area contributed by atoms with Crippen LogP contribution in [-0.4, -0.2) is 11.7 Å². The van der Waals surface area contributed by atoms with Crippen LogP contribution in [0.25, 0.3) is 0 Å². The highest BCUT2D eigenvalue weighted by Gasteiger charge is 2.13. The van der Waals surface area contributed by atoms with E-state index in [2.05, 4.69) is 26.1 Å². The van der Waals surface area contributed by atoms with Gasteiger partial charge in [-0.05, 0) is 23.1 Å². The molecule has 0 bridgehead atoms. The number of carbonyl (C=O) groups excluding carboxylic acids is 2. The first-order valence-corrected chi connectivity index (χ1v) is 5.23. The van der Waals surface area contributed by atoms with Gasteiger partial charge in [-0.25, -0.2) is 0 Å². The first-order chi connectivity index (χ1) is 7.30. The Balaban J connectivity index is 2.80. The molecule has 3 nitrogen and oxygen atoms in total. The number of rotatable bonds is 2. The molecule has 1 amide bonds. The van der Waals surface area contributed by atoms with Gasteiger partial charge in [-0.3, -0.25) is 9.59 Å². The first-order valence-electron chi connectivity index (χ1n) is 5.23. The van der Waals surface area contributed by atoms with Crippen LogP contribution in [-0.2, 0) is 15.0 Å². The molecule has 1 aromatic rings. The molecule has 86 valence electrons. The number of hydrogen-bond acceptors (Lipinski definition) is 2. The molecule has 0 fully saturated rings. The standard InChI is InChI=1S/C13H17NO2/c1-9(15)12(16)14-11-7-5-10(6-8-11)13(2,3)4/h5-8H,1-4H3,(H,14,16). The first kappa shape index (κ1) is 12.4. The number of ketones is 1. The highest BCUT2D eigenvalue weighted by atomic mass is 16.2. The van der Waals surface area contributed by atoms with E-state index in [1.165, 1.54) is 12.5 Å². The molecule has 1 aromatic carbocycles. The van der Waals surface area contributed by atoms with Gasteiger partial charge in [-0.2, -0.15) is 0 Å². The highest BCUT2D eigenvalue weighted by Crippen LogP contribution is 2.23. The summed E-state index contributed by atoms with van der Waals surface area (Å²) in [6, 6.07) is 7.52. The van der Waals surface area contributed by atoms with E-state index < -0.39 is 11.7 Å². The maximum absolute atomic E-state index is 11.1. The highest BCUT2D eigenvalue weighted by molar-refractivity contribution is 6.39. The second-order valence-electron chi connectivity index (χ2n) is 4.84. The summed E-state index contributed by atoms with van der Waals surface area (Å²) in [5.41, 5.74) is 1.92. The van der Waals surface area contributed by atoms with Crippen LogP contribution in [0.4, 0.5) is 5.69 Å². The van der Waals surface area contributed by atoms with E-state index in [0.717, 1.165) is 0 Å². The number of carbonyl (C=O) groups is 2. The van der Waals surface area contributed by atoms with Crippen molar-refractivity contribution in [2.24, 2.45) is 0 Å². The monoisotopic (exact) mass is 219 g/mol. The lowest BCUT2D eigenvalue weighted by molar-refractivity contribution is -0.133. The van der Waals surface area contributed by atoms with Gasteiger partial charge in [0.05, 0.1) is 0 Å². The zero-order valence-corrected chi connectivity index (χ0v) is 10.1. The SMILES string of the molecule is CC(=O)C(=O)Nc1ccc(C(C)(C)C)cc1. The minimum absolute atomic E-state index is 0.0864. The Bertz CT molecular complexity index is 399. The Morgan fingerprint density at radius 1 is 1.06 bits per heavy atom. The van der Waals surface area contributed by atoms with Gasteiger partial charge in [0.1, 0.15) is 0 Å². The fourth-order valence-electron chi connectivity index (χ4n) is 1.27. The van der Waals surface area contributed by atoms with Crippen molar-refractivity contribution in [1.29, 1.82) is 0 Å². The van der Waals surface area contributed by atoms with Gasteiger partial charge in [-0.15, -0.1) is 0 Å². The van der Waals surface area contributed by atoms with Crippen LogP contribution in [0.5, 0.6) is 0 Å². The van der Waals surface area contributed by atoms with E-state index in [0.29, 0.717) is 5.69 Å². The van der Waals surface area contributed by atoms with Gasteiger partial charge < -0.3 is 5.32 Å². The van der Waals surface area contributed by atoms with Crippen LogP contribution in [0.3, 0.4) is 0 Å². The van der Waals surface area contributed by atoms with Crippen molar-refractivity contribution in [3.8, 4) is 0 Å². The van der Waals surface area contributed by atoms with Crippen molar-refractivity contribution in [2.45, 2.75) is 33.1 Å². The lowest BCUT2D eigenvalue weighted by atomic mass is 9.87. The number of anilines is 1. The maximum Gasteiger partial charge on any atom is 0.291 e. The molecular weight excluding hydrogens is 202 g/mol. The van der Waals surface area contributed by atoms with Crippen LogP contribution in [0.2, 0.25) is 0 Å². The fraction of sp³-hybridized carbons (Fsp3) is 0.385. The van der Waals surface area contributed by atoms with Crippen molar-refractivity contribution in [2.75, 3.05) is 5.32 Å². The molecule has 0 spiro atoms. The van der Waals surface area contributed by atoms with Crippen LogP contribution in [0.15, 0.2) is 24.3 Å². The van der Waals surface area contributed by atoms with Gasteiger partial charge in [0.2, 0.25) is 5.78 Å². The Hall–Kier alpha value is -1.64. The normalized spacial score (nSPS) is 11.0. The van der Waals surface area contributed by atoms with Gasteiger partial charge >= 0.3 is 0 Å². The van der Waals surface area contributed by atoms with E-state index >= 15 is 0 Å². The average Bonchev–Trinajstić information content (AvgIpc) is 2.17. The second kappa shape index (κ2) is 4.47. The second-order valence-corrected chi connectivity index (χ2v) is 4.84. The molecule has 16 heavy (non-hydrogen) atoms. The third kappa shape index (κ3) is 3.19. The number of benzene rings is 1. The molecule has 1 rings (SSSR count). The zero-order chi connectivity index (χ0) is 12.3. The molecule has 1 N–H and O–H groups in total. The summed E-state index contributed by atoms with van der Waals surface area (Å²) < 4.78 is 0. The van der Waals surface area contributed by atoms with Crippen LogP contribution >= 0.6 is 0 Å². The van der Waals surface area contributed by atoms with Crippen molar-refractivity contribution in [3.05, 3.63) is 29.8 Å². The fourth-order valence-corrected chi connectivity index (χ4v) is 1.27. The summed E-state index contributed by atoms with van der Waals surface area (Å²) >= 11 is 0. The number of Topliss-reactive ketones (excluding diaryl/α,β-unsaturated/α-hetero) is 1. The quantitative estimate of drug-likeness (QED) is 0.777. The molecule has 0 aliphatic carbocycles. The van der Waals surface area contributed by atoms with E-state index in [1.54, 1.807) is 12.1 Å². The number of hydrogen-bond donors (Lipinski definition) is 1. The maximum atomic E-state index is 11.1. The minimum Gasteiger partial charge on any atom is -0.319 e. The predicted octanol–water partition coefficient (Wildman–Crippen LogP) is 2.51. The van der Waals surface area contributed by atoms with Gasteiger partial charge in [0, 0.05) is 12.6 Å². The molecule has 0 unspecified atom stereocenters. The largest absolute Gasteiger partial charge is 0.319 e. The van der Waals surface area contributed by atoms with E-state index in [-0.39, 0.29) is 5.41 Å². The zero-order valence-electron chi connectivity index (χ0n) is 10.1. The Morgan fingerprint density at radius 2 is 1.56 bits per heavy atom. The third-order valence-electron chi connectivity index (χ3n) is 2.33. The van der Waals surface area contributed by atoms with Crippen molar-refractivity contribution >= 4 is 17.4 Å². The Kier molecular flexibility index (Phi) is 3.48. The molecule has 0 heterocycles. The van der Waals surface area contributed by atoms with Crippen molar-refractivity contribution < 1.29 is 9.59 Å². The Labute approximate surface area is 95.9 Å². The summed E-state index contributed by atoms with van der Waals surface area (Å²) in [7, 11) is 0. The third-order valence-corrected chi connectivity index (χ3v) is 2.33. The molecule has 0 saturated heterocycles. The van der Waals surface area contributed by atoms with E-state index in [9.17, 15) is 9.59 Å². The van der Waals surface area contributed by atoms with E-state index in [1.807, 2.05) is 12.1 Å². The topological polar surface area (TPSA) is 46.2 Å². The Morgan fingerprint density at radius 3 is 1.94 bits per heavy atom. The van der Waals surface area contributed by atoms with Crippen molar-refractivity contribution in [3.63, 3.8) is 0 Å². The molecule has 0 saturated carbocycles. The smallest absolute Gasteiger partial charge is 0.291 e. The van der Waals surface area contributed by atoms with Crippen LogP contribution in [0, 0.1) is 0 Å². The number of nitrogens with one attached hydrogen (secondary N) is 1. The molecule has 3 heteroatoms. The number of amides is 1. The lowest BCUT2D eigenvalue weighted by Gasteiger charge is -2.19. The van der Waals surface area contributed by atoms with Gasteiger partial charge in [0.25, 0.3) is 5.91 Å². The molecule has 0 atom stereocenters. The van der Waals surface area contributed by atoms with Gasteiger partial charge in [-0.1, -0.05) is 32.9 Å². The van der Waals surface area contributed by atoms with E-state index in [4.69, 9.17) is 0 Å². The molecule has 0 aromatic heterocycles.